The Morgan fingerprint density at radius 2 is 1.93 bits per heavy atom. The molecule has 8 nitrogen and oxygen atoms in total. The Hall–Kier alpha value is -2.13. The van der Waals surface area contributed by atoms with Crippen LogP contribution in [0.3, 0.4) is 0 Å². The zero-order chi connectivity index (χ0) is 20.6. The number of anilines is 1. The van der Waals surface area contributed by atoms with Crippen LogP contribution in [0.2, 0.25) is 0 Å². The van der Waals surface area contributed by atoms with Gasteiger partial charge in [0, 0.05) is 26.2 Å². The van der Waals surface area contributed by atoms with E-state index < -0.39 is 10.0 Å². The number of hydrogen-bond donors (Lipinski definition) is 0. The number of benzene rings is 1. The van der Waals surface area contributed by atoms with Crippen LogP contribution in [0, 0.1) is 5.92 Å². The van der Waals surface area contributed by atoms with E-state index in [1.165, 1.54) is 21.3 Å². The molecule has 0 aliphatic carbocycles. The summed E-state index contributed by atoms with van der Waals surface area (Å²) in [4.78, 5) is 28.6. The predicted molar refractivity (Wildman–Crippen MR) is 107 cm³/mol. The summed E-state index contributed by atoms with van der Waals surface area (Å²) in [6, 6.07) is 4.55. The molecule has 0 spiro atoms. The average molecular weight is 422 g/mol. The molecule has 1 aromatic carbocycles. The van der Waals surface area contributed by atoms with Crippen molar-refractivity contribution in [2.45, 2.75) is 37.5 Å². The van der Waals surface area contributed by atoms with Crippen molar-refractivity contribution in [3.8, 4) is 5.75 Å². The minimum atomic E-state index is -3.62. The molecule has 2 fully saturated rings. The standard InChI is InChI=1S/C20H27N3O5S/c1-15-5-4-8-21(12-15)19(24)13-23-17-11-16(6-7-18(17)28-14-20(23)25)29(26,27)22-9-2-3-10-22/h6-7,11,15H,2-5,8-10,12-14H2,1H3. The zero-order valence-corrected chi connectivity index (χ0v) is 17.5. The van der Waals surface area contributed by atoms with Crippen molar-refractivity contribution in [1.29, 1.82) is 0 Å². The number of ether oxygens (including phenoxy) is 1. The molecule has 0 aromatic heterocycles. The lowest BCUT2D eigenvalue weighted by molar-refractivity contribution is -0.133. The van der Waals surface area contributed by atoms with Crippen LogP contribution < -0.4 is 9.64 Å². The molecule has 0 radical (unpaired) electrons. The molecule has 2 saturated heterocycles. The number of likely N-dealkylation sites (tertiary alicyclic amines) is 1. The van der Waals surface area contributed by atoms with Gasteiger partial charge in [-0.2, -0.15) is 4.31 Å². The fourth-order valence-electron chi connectivity index (χ4n) is 4.24. The quantitative estimate of drug-likeness (QED) is 0.735. The molecule has 1 unspecified atom stereocenters. The summed E-state index contributed by atoms with van der Waals surface area (Å²) in [5, 5.41) is 0. The third-order valence-electron chi connectivity index (χ3n) is 5.88. The van der Waals surface area contributed by atoms with Crippen LogP contribution in [0.4, 0.5) is 5.69 Å². The summed E-state index contributed by atoms with van der Waals surface area (Å²) in [6.45, 7) is 4.24. The van der Waals surface area contributed by atoms with E-state index in [2.05, 4.69) is 6.92 Å². The van der Waals surface area contributed by atoms with E-state index >= 15 is 0 Å². The second kappa shape index (κ2) is 7.95. The van der Waals surface area contributed by atoms with Crippen LogP contribution in [-0.2, 0) is 19.6 Å². The number of amides is 2. The highest BCUT2D eigenvalue weighted by Gasteiger charge is 2.33. The van der Waals surface area contributed by atoms with Crippen molar-refractivity contribution < 1.29 is 22.7 Å². The summed E-state index contributed by atoms with van der Waals surface area (Å²) in [5.74, 6) is 0.402. The molecular formula is C20H27N3O5S. The van der Waals surface area contributed by atoms with Gasteiger partial charge in [-0.25, -0.2) is 8.42 Å². The summed E-state index contributed by atoms with van der Waals surface area (Å²) in [5.41, 5.74) is 0.347. The third kappa shape index (κ3) is 3.98. The third-order valence-corrected chi connectivity index (χ3v) is 7.77. The topological polar surface area (TPSA) is 87.2 Å². The lowest BCUT2D eigenvalue weighted by Gasteiger charge is -2.34. The Bertz CT molecular complexity index is 911. The highest BCUT2D eigenvalue weighted by molar-refractivity contribution is 7.89. The SMILES string of the molecule is CC1CCCN(C(=O)CN2C(=O)COc3ccc(S(=O)(=O)N4CCCC4)cc32)C1. The van der Waals surface area contributed by atoms with Crippen molar-refractivity contribution in [3.63, 3.8) is 0 Å². The van der Waals surface area contributed by atoms with Crippen LogP contribution in [0.1, 0.15) is 32.6 Å². The second-order valence-corrected chi connectivity index (χ2v) is 10.0. The van der Waals surface area contributed by atoms with Gasteiger partial charge in [0.2, 0.25) is 15.9 Å². The van der Waals surface area contributed by atoms with Gasteiger partial charge >= 0.3 is 0 Å². The molecule has 1 aromatic rings. The van der Waals surface area contributed by atoms with E-state index in [4.69, 9.17) is 4.74 Å². The van der Waals surface area contributed by atoms with Gasteiger partial charge in [-0.05, 0) is 49.8 Å². The minimum absolute atomic E-state index is 0.102. The number of fused-ring (bicyclic) bond motifs is 1. The van der Waals surface area contributed by atoms with Gasteiger partial charge in [-0.3, -0.25) is 14.5 Å². The van der Waals surface area contributed by atoms with Crippen molar-refractivity contribution >= 4 is 27.5 Å². The molecule has 0 N–H and O–H groups in total. The van der Waals surface area contributed by atoms with Gasteiger partial charge in [-0.1, -0.05) is 6.92 Å². The van der Waals surface area contributed by atoms with Gasteiger partial charge < -0.3 is 9.64 Å². The summed E-state index contributed by atoms with van der Waals surface area (Å²) in [7, 11) is -3.62. The van der Waals surface area contributed by atoms with E-state index in [1.807, 2.05) is 0 Å². The lowest BCUT2D eigenvalue weighted by Crippen LogP contribution is -2.48. The Balaban J connectivity index is 1.60. The molecule has 0 bridgehead atoms. The molecule has 158 valence electrons. The minimum Gasteiger partial charge on any atom is -0.482 e. The smallest absolute Gasteiger partial charge is 0.265 e. The molecule has 2 amide bonds. The van der Waals surface area contributed by atoms with Gasteiger partial charge in [0.05, 0.1) is 10.6 Å². The van der Waals surface area contributed by atoms with Crippen LogP contribution in [0.5, 0.6) is 5.75 Å². The molecule has 1 atom stereocenters. The van der Waals surface area contributed by atoms with Gasteiger partial charge in [0.25, 0.3) is 5.91 Å². The summed E-state index contributed by atoms with van der Waals surface area (Å²) < 4.78 is 32.8. The molecular weight excluding hydrogens is 394 g/mol. The van der Waals surface area contributed by atoms with Gasteiger partial charge in [-0.15, -0.1) is 0 Å². The number of sulfonamides is 1. The molecule has 3 heterocycles. The number of carbonyl (C=O) groups excluding carboxylic acids is 2. The molecule has 9 heteroatoms. The maximum atomic E-state index is 12.9. The first kappa shape index (κ1) is 20.2. The van der Waals surface area contributed by atoms with Gasteiger partial charge in [0.1, 0.15) is 12.3 Å². The fraction of sp³-hybridized carbons (Fsp3) is 0.600. The van der Waals surface area contributed by atoms with Crippen LogP contribution in [0.25, 0.3) is 0 Å². The zero-order valence-electron chi connectivity index (χ0n) is 16.7. The Morgan fingerprint density at radius 1 is 1.17 bits per heavy atom. The first-order valence-electron chi connectivity index (χ1n) is 10.2. The number of rotatable bonds is 4. The molecule has 4 rings (SSSR count). The molecule has 29 heavy (non-hydrogen) atoms. The average Bonchev–Trinajstić information content (AvgIpc) is 3.25. The van der Waals surface area contributed by atoms with E-state index in [1.54, 1.807) is 11.0 Å². The van der Waals surface area contributed by atoms with E-state index in [0.717, 1.165) is 25.7 Å². The number of nitrogens with zero attached hydrogens (tertiary/aromatic N) is 3. The number of carbonyl (C=O) groups is 2. The molecule has 0 saturated carbocycles. The number of piperidine rings is 1. The second-order valence-electron chi connectivity index (χ2n) is 8.10. The predicted octanol–water partition coefficient (Wildman–Crippen LogP) is 1.45. The lowest BCUT2D eigenvalue weighted by atomic mass is 10.0. The van der Waals surface area contributed by atoms with Gasteiger partial charge in [0.15, 0.2) is 6.61 Å². The Labute approximate surface area is 171 Å². The van der Waals surface area contributed by atoms with E-state index in [-0.39, 0.29) is 29.9 Å². The van der Waals surface area contributed by atoms with Crippen LogP contribution in [-0.4, -0.2) is 68.8 Å². The van der Waals surface area contributed by atoms with Crippen LogP contribution >= 0.6 is 0 Å². The van der Waals surface area contributed by atoms with Crippen molar-refractivity contribution in [1.82, 2.24) is 9.21 Å². The molecule has 3 aliphatic heterocycles. The van der Waals surface area contributed by atoms with E-state index in [9.17, 15) is 18.0 Å². The Kier molecular flexibility index (Phi) is 5.52. The van der Waals surface area contributed by atoms with Crippen molar-refractivity contribution in [2.75, 3.05) is 44.2 Å². The highest BCUT2D eigenvalue weighted by atomic mass is 32.2. The highest BCUT2D eigenvalue weighted by Crippen LogP contribution is 2.35. The normalized spacial score (nSPS) is 23.1. The Morgan fingerprint density at radius 3 is 2.66 bits per heavy atom. The van der Waals surface area contributed by atoms with Crippen molar-refractivity contribution in [2.24, 2.45) is 5.92 Å². The first-order chi connectivity index (χ1) is 13.9. The summed E-state index contributed by atoms with van der Waals surface area (Å²) >= 11 is 0. The number of hydrogen-bond acceptors (Lipinski definition) is 5. The maximum Gasteiger partial charge on any atom is 0.265 e. The first-order valence-corrected chi connectivity index (χ1v) is 11.7. The molecule has 3 aliphatic rings. The summed E-state index contributed by atoms with van der Waals surface area (Å²) in [6.07, 6.45) is 3.75. The fourth-order valence-corrected chi connectivity index (χ4v) is 5.78. The van der Waals surface area contributed by atoms with E-state index in [0.29, 0.717) is 43.5 Å². The largest absolute Gasteiger partial charge is 0.482 e. The maximum absolute atomic E-state index is 12.9. The van der Waals surface area contributed by atoms with Crippen LogP contribution in [0.15, 0.2) is 23.1 Å². The van der Waals surface area contributed by atoms with Crippen molar-refractivity contribution in [3.05, 3.63) is 18.2 Å². The monoisotopic (exact) mass is 421 g/mol.